The number of aromatic nitrogens is 2. The van der Waals surface area contributed by atoms with E-state index < -0.39 is 0 Å². The Labute approximate surface area is 117 Å². The van der Waals surface area contributed by atoms with Crippen LogP contribution in [0.25, 0.3) is 0 Å². The predicted molar refractivity (Wildman–Crippen MR) is 78.3 cm³/mol. The lowest BCUT2D eigenvalue weighted by molar-refractivity contribution is 0.483. The molecule has 2 aromatic heterocycles. The Morgan fingerprint density at radius 2 is 2.17 bits per heavy atom. The molecule has 0 aromatic carbocycles. The molecule has 0 radical (unpaired) electrons. The van der Waals surface area contributed by atoms with Crippen molar-refractivity contribution in [2.24, 2.45) is 5.92 Å². The van der Waals surface area contributed by atoms with Gasteiger partial charge in [-0.1, -0.05) is 32.5 Å². The Bertz CT molecular complexity index is 480. The highest BCUT2D eigenvalue weighted by Crippen LogP contribution is 2.33. The molecule has 18 heavy (non-hydrogen) atoms. The molecule has 0 amide bonds. The minimum atomic E-state index is 0.592. The molecule has 0 aliphatic heterocycles. The molecule has 0 N–H and O–H groups in total. The van der Waals surface area contributed by atoms with Crippen LogP contribution in [0.15, 0.2) is 39.3 Å². The zero-order valence-electron chi connectivity index (χ0n) is 11.0. The lowest BCUT2D eigenvalue weighted by Gasteiger charge is -2.19. The molecule has 2 nitrogen and oxygen atoms in total. The van der Waals surface area contributed by atoms with E-state index in [1.165, 1.54) is 10.5 Å². The topological polar surface area (TPSA) is 25.8 Å². The van der Waals surface area contributed by atoms with Crippen LogP contribution >= 0.6 is 23.1 Å². The minimum absolute atomic E-state index is 0.592. The first-order chi connectivity index (χ1) is 8.70. The molecular formula is C14H18N2S2. The molecule has 0 bridgehead atoms. The lowest BCUT2D eigenvalue weighted by Crippen LogP contribution is -2.05. The van der Waals surface area contributed by atoms with E-state index in [2.05, 4.69) is 36.8 Å². The van der Waals surface area contributed by atoms with Crippen molar-refractivity contribution in [3.8, 4) is 0 Å². The smallest absolute Gasteiger partial charge is 0.154 e. The van der Waals surface area contributed by atoms with Gasteiger partial charge >= 0.3 is 0 Å². The predicted octanol–water partition coefficient (Wildman–Crippen LogP) is 4.84. The van der Waals surface area contributed by atoms with Gasteiger partial charge < -0.3 is 0 Å². The van der Waals surface area contributed by atoms with E-state index in [1.54, 1.807) is 23.1 Å². The van der Waals surface area contributed by atoms with E-state index >= 15 is 0 Å². The molecule has 0 aliphatic rings. The van der Waals surface area contributed by atoms with Gasteiger partial charge in [0.2, 0.25) is 0 Å². The SMILES string of the molecule is CCC(c1cncc(Sc2nccs2)c1)C(C)C. The molecule has 2 rings (SSSR count). The van der Waals surface area contributed by atoms with Crippen LogP contribution in [0.1, 0.15) is 38.7 Å². The average Bonchev–Trinajstić information content (AvgIpc) is 2.83. The monoisotopic (exact) mass is 278 g/mol. The summed E-state index contributed by atoms with van der Waals surface area (Å²) in [7, 11) is 0. The Kier molecular flexibility index (Phi) is 4.78. The maximum absolute atomic E-state index is 4.37. The third-order valence-electron chi connectivity index (χ3n) is 3.02. The Morgan fingerprint density at radius 3 is 2.78 bits per heavy atom. The van der Waals surface area contributed by atoms with Gasteiger partial charge in [0.15, 0.2) is 4.34 Å². The number of nitrogens with zero attached hydrogens (tertiary/aromatic N) is 2. The van der Waals surface area contributed by atoms with Crippen molar-refractivity contribution in [1.29, 1.82) is 0 Å². The summed E-state index contributed by atoms with van der Waals surface area (Å²) >= 11 is 3.36. The average molecular weight is 278 g/mol. The fourth-order valence-electron chi connectivity index (χ4n) is 2.15. The molecule has 0 aliphatic carbocycles. The maximum atomic E-state index is 4.37. The van der Waals surface area contributed by atoms with Crippen molar-refractivity contribution in [3.05, 3.63) is 35.6 Å². The van der Waals surface area contributed by atoms with Crippen molar-refractivity contribution in [3.63, 3.8) is 0 Å². The van der Waals surface area contributed by atoms with Crippen LogP contribution in [0.2, 0.25) is 0 Å². The zero-order valence-corrected chi connectivity index (χ0v) is 12.6. The molecular weight excluding hydrogens is 260 g/mol. The molecule has 96 valence electrons. The normalized spacial score (nSPS) is 12.9. The van der Waals surface area contributed by atoms with Gasteiger partial charge in [0.1, 0.15) is 0 Å². The van der Waals surface area contributed by atoms with Crippen LogP contribution in [0.3, 0.4) is 0 Å². The third-order valence-corrected chi connectivity index (χ3v) is 4.86. The molecule has 1 atom stereocenters. The number of thiazole rings is 1. The van der Waals surface area contributed by atoms with E-state index in [0.717, 1.165) is 10.8 Å². The number of rotatable bonds is 5. The van der Waals surface area contributed by atoms with Crippen LogP contribution in [0.5, 0.6) is 0 Å². The molecule has 0 fully saturated rings. The highest BCUT2D eigenvalue weighted by molar-refractivity contribution is 8.01. The summed E-state index contributed by atoms with van der Waals surface area (Å²) in [6, 6.07) is 2.26. The number of hydrogen-bond acceptors (Lipinski definition) is 4. The van der Waals surface area contributed by atoms with Gasteiger partial charge in [-0.05, 0) is 29.9 Å². The summed E-state index contributed by atoms with van der Waals surface area (Å²) in [6.45, 7) is 6.79. The van der Waals surface area contributed by atoms with Crippen molar-refractivity contribution < 1.29 is 0 Å². The highest BCUT2D eigenvalue weighted by Gasteiger charge is 2.14. The van der Waals surface area contributed by atoms with Crippen LogP contribution in [-0.2, 0) is 0 Å². The lowest BCUT2D eigenvalue weighted by atomic mass is 9.87. The summed E-state index contributed by atoms with van der Waals surface area (Å²) in [5.74, 6) is 1.24. The van der Waals surface area contributed by atoms with E-state index in [4.69, 9.17) is 0 Å². The van der Waals surface area contributed by atoms with Crippen molar-refractivity contribution in [2.75, 3.05) is 0 Å². The van der Waals surface area contributed by atoms with Crippen LogP contribution in [0.4, 0.5) is 0 Å². The fraction of sp³-hybridized carbons (Fsp3) is 0.429. The first-order valence-corrected chi connectivity index (χ1v) is 7.92. The van der Waals surface area contributed by atoms with Gasteiger partial charge in [0, 0.05) is 28.9 Å². The van der Waals surface area contributed by atoms with Gasteiger partial charge in [-0.15, -0.1) is 11.3 Å². The van der Waals surface area contributed by atoms with Gasteiger partial charge in [0.05, 0.1) is 0 Å². The van der Waals surface area contributed by atoms with E-state index in [1.807, 2.05) is 24.0 Å². The molecule has 0 spiro atoms. The quantitative estimate of drug-likeness (QED) is 0.782. The van der Waals surface area contributed by atoms with Crippen LogP contribution < -0.4 is 0 Å². The van der Waals surface area contributed by atoms with Crippen LogP contribution in [0, 0.1) is 5.92 Å². The summed E-state index contributed by atoms with van der Waals surface area (Å²) in [5.41, 5.74) is 1.34. The second-order valence-electron chi connectivity index (χ2n) is 4.61. The number of hydrogen-bond donors (Lipinski definition) is 0. The molecule has 0 saturated heterocycles. The third kappa shape index (κ3) is 3.33. The molecule has 2 aromatic rings. The molecule has 1 unspecified atom stereocenters. The second kappa shape index (κ2) is 6.34. The van der Waals surface area contributed by atoms with Crippen molar-refractivity contribution >= 4 is 23.1 Å². The second-order valence-corrected chi connectivity index (χ2v) is 6.83. The Morgan fingerprint density at radius 1 is 1.33 bits per heavy atom. The largest absolute Gasteiger partial charge is 0.263 e. The first-order valence-electron chi connectivity index (χ1n) is 6.23. The number of pyridine rings is 1. The van der Waals surface area contributed by atoms with Crippen molar-refractivity contribution in [2.45, 2.75) is 42.3 Å². The van der Waals surface area contributed by atoms with Crippen molar-refractivity contribution in [1.82, 2.24) is 9.97 Å². The summed E-state index contributed by atoms with van der Waals surface area (Å²) in [6.07, 6.45) is 6.92. The zero-order chi connectivity index (χ0) is 13.0. The van der Waals surface area contributed by atoms with E-state index in [9.17, 15) is 0 Å². The molecule has 2 heterocycles. The van der Waals surface area contributed by atoms with Gasteiger partial charge in [0.25, 0.3) is 0 Å². The van der Waals surface area contributed by atoms with Gasteiger partial charge in [-0.25, -0.2) is 4.98 Å². The molecule has 0 saturated carbocycles. The van der Waals surface area contributed by atoms with Gasteiger partial charge in [-0.3, -0.25) is 4.98 Å². The maximum Gasteiger partial charge on any atom is 0.154 e. The highest BCUT2D eigenvalue weighted by atomic mass is 32.2. The minimum Gasteiger partial charge on any atom is -0.263 e. The summed E-state index contributed by atoms with van der Waals surface area (Å²) in [5, 5.41) is 2.00. The standard InChI is InChI=1S/C14H18N2S2/c1-4-13(10(2)3)11-7-12(9-15-8-11)18-14-16-5-6-17-14/h5-10,13H,4H2,1-3H3. The van der Waals surface area contributed by atoms with Crippen LogP contribution in [-0.4, -0.2) is 9.97 Å². The Hall–Kier alpha value is -0.870. The van der Waals surface area contributed by atoms with E-state index in [0.29, 0.717) is 11.8 Å². The Balaban J connectivity index is 2.19. The summed E-state index contributed by atoms with van der Waals surface area (Å²) < 4.78 is 1.08. The molecule has 4 heteroatoms. The first kappa shape index (κ1) is 13.6. The van der Waals surface area contributed by atoms with E-state index in [-0.39, 0.29) is 0 Å². The van der Waals surface area contributed by atoms with Gasteiger partial charge in [-0.2, -0.15) is 0 Å². The fourth-order valence-corrected chi connectivity index (χ4v) is 3.78. The summed E-state index contributed by atoms with van der Waals surface area (Å²) in [4.78, 5) is 9.85.